The molecule has 0 aliphatic heterocycles. The molecule has 2 N–H and O–H groups in total. The maximum Gasteiger partial charge on any atom is 0.226 e. The minimum atomic E-state index is 0.0857. The summed E-state index contributed by atoms with van der Waals surface area (Å²) in [4.78, 5) is 14.2. The van der Waals surface area contributed by atoms with Gasteiger partial charge in [-0.1, -0.05) is 42.5 Å². The molecule has 1 aliphatic rings. The van der Waals surface area contributed by atoms with Crippen LogP contribution in [0.3, 0.4) is 0 Å². The van der Waals surface area contributed by atoms with Gasteiger partial charge in [0.1, 0.15) is 12.4 Å². The van der Waals surface area contributed by atoms with E-state index in [1.807, 2.05) is 56.4 Å². The van der Waals surface area contributed by atoms with Gasteiger partial charge in [-0.05, 0) is 42.5 Å². The van der Waals surface area contributed by atoms with Gasteiger partial charge in [0.15, 0.2) is 0 Å². The van der Waals surface area contributed by atoms with E-state index < -0.39 is 0 Å². The number of nitrogens with two attached hydrogens (primary N) is 1. The van der Waals surface area contributed by atoms with Crippen molar-refractivity contribution in [2.24, 2.45) is 11.7 Å². The first-order chi connectivity index (χ1) is 12.1. The largest absolute Gasteiger partial charge is 0.489 e. The lowest BCUT2D eigenvalue weighted by molar-refractivity contribution is -0.133. The summed E-state index contributed by atoms with van der Waals surface area (Å²) in [6.07, 6.45) is 0.921. The zero-order valence-electron chi connectivity index (χ0n) is 14.9. The molecule has 2 aromatic rings. The summed E-state index contributed by atoms with van der Waals surface area (Å²) in [6, 6.07) is 18.3. The quantitative estimate of drug-likeness (QED) is 0.843. The zero-order valence-corrected chi connectivity index (χ0v) is 14.9. The highest BCUT2D eigenvalue weighted by molar-refractivity contribution is 5.83. The minimum absolute atomic E-state index is 0.0857. The van der Waals surface area contributed by atoms with Crippen LogP contribution in [0, 0.1) is 5.92 Å². The number of likely N-dealkylation sites (N-methyl/N-ethyl adjacent to an activating group) is 1. The zero-order chi connectivity index (χ0) is 17.8. The van der Waals surface area contributed by atoms with Crippen LogP contribution in [0.5, 0.6) is 5.75 Å². The van der Waals surface area contributed by atoms with Crippen LogP contribution < -0.4 is 10.5 Å². The maximum absolute atomic E-state index is 12.5. The first kappa shape index (κ1) is 17.5. The van der Waals surface area contributed by atoms with Crippen LogP contribution >= 0.6 is 0 Å². The maximum atomic E-state index is 12.5. The highest BCUT2D eigenvalue weighted by Crippen LogP contribution is 2.48. The van der Waals surface area contributed by atoms with E-state index in [2.05, 4.69) is 12.1 Å². The molecule has 0 bridgehead atoms. The third-order valence-corrected chi connectivity index (χ3v) is 5.01. The standard InChI is InChI=1S/C21H26N2O2/c1-15(13-22)23(2)21(24)20-12-19(20)17-8-10-18(11-9-17)25-14-16-6-4-3-5-7-16/h3-11,15,19-20H,12-14,22H2,1-2H3. The summed E-state index contributed by atoms with van der Waals surface area (Å²) in [5, 5.41) is 0. The van der Waals surface area contributed by atoms with Gasteiger partial charge in [0.05, 0.1) is 0 Å². The van der Waals surface area contributed by atoms with Gasteiger partial charge in [0.25, 0.3) is 0 Å². The lowest BCUT2D eigenvalue weighted by atomic mass is 10.1. The van der Waals surface area contributed by atoms with E-state index in [1.54, 1.807) is 4.90 Å². The van der Waals surface area contributed by atoms with E-state index >= 15 is 0 Å². The first-order valence-corrected chi connectivity index (χ1v) is 8.83. The Morgan fingerprint density at radius 2 is 1.88 bits per heavy atom. The number of benzene rings is 2. The summed E-state index contributed by atoms with van der Waals surface area (Å²) in [6.45, 7) is 3.04. The summed E-state index contributed by atoms with van der Waals surface area (Å²) in [5.41, 5.74) is 8.01. The van der Waals surface area contributed by atoms with Crippen molar-refractivity contribution in [2.45, 2.75) is 31.9 Å². The van der Waals surface area contributed by atoms with E-state index in [0.717, 1.165) is 17.7 Å². The predicted octanol–water partition coefficient (Wildman–Crippen LogP) is 3.17. The monoisotopic (exact) mass is 338 g/mol. The third kappa shape index (κ3) is 4.20. The molecule has 3 rings (SSSR count). The average Bonchev–Trinajstić information content (AvgIpc) is 3.46. The predicted molar refractivity (Wildman–Crippen MR) is 99.4 cm³/mol. The molecule has 132 valence electrons. The number of carbonyl (C=O) groups is 1. The Hall–Kier alpha value is -2.33. The minimum Gasteiger partial charge on any atom is -0.489 e. The van der Waals surface area contributed by atoms with Crippen LogP contribution in [0.2, 0.25) is 0 Å². The normalized spacial score (nSPS) is 20.0. The Balaban J connectivity index is 1.54. The van der Waals surface area contributed by atoms with Crippen molar-refractivity contribution in [3.63, 3.8) is 0 Å². The van der Waals surface area contributed by atoms with Gasteiger partial charge in [0.2, 0.25) is 5.91 Å². The van der Waals surface area contributed by atoms with Crippen molar-refractivity contribution in [3.8, 4) is 5.75 Å². The molecule has 4 nitrogen and oxygen atoms in total. The number of nitrogens with zero attached hydrogens (tertiary/aromatic N) is 1. The summed E-state index contributed by atoms with van der Waals surface area (Å²) >= 11 is 0. The highest BCUT2D eigenvalue weighted by Gasteiger charge is 2.45. The van der Waals surface area contributed by atoms with Crippen LogP contribution in [-0.2, 0) is 11.4 Å². The lowest BCUT2D eigenvalue weighted by Crippen LogP contribution is -2.40. The van der Waals surface area contributed by atoms with E-state index in [4.69, 9.17) is 10.5 Å². The number of carbonyl (C=O) groups excluding carboxylic acids is 1. The Morgan fingerprint density at radius 3 is 2.52 bits per heavy atom. The van der Waals surface area contributed by atoms with E-state index in [-0.39, 0.29) is 17.9 Å². The number of amides is 1. The van der Waals surface area contributed by atoms with Crippen LogP contribution in [0.4, 0.5) is 0 Å². The lowest BCUT2D eigenvalue weighted by Gasteiger charge is -2.23. The van der Waals surface area contributed by atoms with Gasteiger partial charge in [-0.25, -0.2) is 0 Å². The molecule has 0 radical (unpaired) electrons. The molecule has 1 fully saturated rings. The molecule has 1 aliphatic carbocycles. The molecule has 3 atom stereocenters. The van der Waals surface area contributed by atoms with Crippen LogP contribution in [0.25, 0.3) is 0 Å². The fourth-order valence-corrected chi connectivity index (χ4v) is 3.03. The van der Waals surface area contributed by atoms with Crippen molar-refractivity contribution < 1.29 is 9.53 Å². The summed E-state index contributed by atoms with van der Waals surface area (Å²) in [7, 11) is 1.84. The highest BCUT2D eigenvalue weighted by atomic mass is 16.5. The Labute approximate surface area is 149 Å². The molecule has 4 heteroatoms. The van der Waals surface area contributed by atoms with Crippen molar-refractivity contribution in [1.82, 2.24) is 4.90 Å². The van der Waals surface area contributed by atoms with Gasteiger partial charge < -0.3 is 15.4 Å². The van der Waals surface area contributed by atoms with Gasteiger partial charge in [-0.3, -0.25) is 4.79 Å². The molecule has 0 saturated heterocycles. The molecular formula is C21H26N2O2. The van der Waals surface area contributed by atoms with Crippen molar-refractivity contribution >= 4 is 5.91 Å². The third-order valence-electron chi connectivity index (χ3n) is 5.01. The molecular weight excluding hydrogens is 312 g/mol. The molecule has 0 aromatic heterocycles. The molecule has 25 heavy (non-hydrogen) atoms. The van der Waals surface area contributed by atoms with Gasteiger partial charge in [0, 0.05) is 25.6 Å². The second kappa shape index (κ2) is 7.70. The number of hydrogen-bond donors (Lipinski definition) is 1. The van der Waals surface area contributed by atoms with Crippen LogP contribution in [-0.4, -0.2) is 30.4 Å². The van der Waals surface area contributed by atoms with Crippen molar-refractivity contribution in [1.29, 1.82) is 0 Å². The smallest absolute Gasteiger partial charge is 0.226 e. The molecule has 2 aromatic carbocycles. The Bertz CT molecular complexity index is 700. The number of hydrogen-bond acceptors (Lipinski definition) is 3. The van der Waals surface area contributed by atoms with E-state index in [1.165, 1.54) is 5.56 Å². The van der Waals surface area contributed by atoms with E-state index in [9.17, 15) is 4.79 Å². The fourth-order valence-electron chi connectivity index (χ4n) is 3.03. The molecule has 1 saturated carbocycles. The van der Waals surface area contributed by atoms with E-state index in [0.29, 0.717) is 19.1 Å². The first-order valence-electron chi connectivity index (χ1n) is 8.83. The fraction of sp³-hybridized carbons (Fsp3) is 0.381. The van der Waals surface area contributed by atoms with Gasteiger partial charge in [-0.2, -0.15) is 0 Å². The average molecular weight is 338 g/mol. The molecule has 0 heterocycles. The SMILES string of the molecule is CC(CN)N(C)C(=O)C1CC1c1ccc(OCc2ccccc2)cc1. The Morgan fingerprint density at radius 1 is 1.20 bits per heavy atom. The Kier molecular flexibility index (Phi) is 5.39. The summed E-state index contributed by atoms with van der Waals surface area (Å²) in [5.74, 6) is 1.47. The van der Waals surface area contributed by atoms with Gasteiger partial charge >= 0.3 is 0 Å². The number of rotatable bonds is 7. The molecule has 3 unspecified atom stereocenters. The molecule has 1 amide bonds. The second-order valence-corrected chi connectivity index (χ2v) is 6.83. The molecule has 0 spiro atoms. The van der Waals surface area contributed by atoms with Crippen molar-refractivity contribution in [3.05, 3.63) is 65.7 Å². The van der Waals surface area contributed by atoms with Crippen LogP contribution in [0.15, 0.2) is 54.6 Å². The summed E-state index contributed by atoms with van der Waals surface area (Å²) < 4.78 is 5.82. The topological polar surface area (TPSA) is 55.6 Å². The van der Waals surface area contributed by atoms with Crippen LogP contribution in [0.1, 0.15) is 30.4 Å². The van der Waals surface area contributed by atoms with Gasteiger partial charge in [-0.15, -0.1) is 0 Å². The number of ether oxygens (including phenoxy) is 1. The second-order valence-electron chi connectivity index (χ2n) is 6.83. The van der Waals surface area contributed by atoms with Crippen molar-refractivity contribution in [2.75, 3.05) is 13.6 Å².